The molecule has 0 saturated heterocycles. The molecule has 18 heavy (non-hydrogen) atoms. The van der Waals surface area contributed by atoms with Crippen LogP contribution in [-0.2, 0) is 9.59 Å². The van der Waals surface area contributed by atoms with Gasteiger partial charge in [0.15, 0.2) is 0 Å². The van der Waals surface area contributed by atoms with E-state index >= 15 is 0 Å². The van der Waals surface area contributed by atoms with Gasteiger partial charge in [-0.15, -0.1) is 0 Å². The molecule has 1 rings (SSSR count). The highest BCUT2D eigenvalue weighted by Crippen LogP contribution is 2.25. The predicted molar refractivity (Wildman–Crippen MR) is 70.7 cm³/mol. The van der Waals surface area contributed by atoms with Crippen molar-refractivity contribution in [3.8, 4) is 0 Å². The van der Waals surface area contributed by atoms with Crippen LogP contribution >= 0.6 is 11.3 Å². The largest absolute Gasteiger partial charge is 0.369 e. The molecular formula is C11H18N4O2S. The maximum absolute atomic E-state index is 11.1. The number of carbonyl (C=O) groups is 2. The third kappa shape index (κ3) is 4.10. The molecule has 0 radical (unpaired) electrons. The number of hydrogen-bond acceptors (Lipinski definition) is 5. The fraction of sp³-hybridized carbons (Fsp3) is 0.455. The molecule has 0 saturated carbocycles. The van der Waals surface area contributed by atoms with Gasteiger partial charge in [-0.25, -0.2) is 0 Å². The smallest absolute Gasteiger partial charge is 0.231 e. The summed E-state index contributed by atoms with van der Waals surface area (Å²) in [6.07, 6.45) is 0. The predicted octanol–water partition coefficient (Wildman–Crippen LogP) is -0.591. The second kappa shape index (κ2) is 6.48. The van der Waals surface area contributed by atoms with E-state index < -0.39 is 11.8 Å². The van der Waals surface area contributed by atoms with Crippen molar-refractivity contribution in [1.82, 2.24) is 4.90 Å². The Balaban J connectivity index is 2.97. The van der Waals surface area contributed by atoms with Crippen LogP contribution in [0.5, 0.6) is 0 Å². The van der Waals surface area contributed by atoms with Crippen molar-refractivity contribution in [1.29, 1.82) is 0 Å². The first-order valence-corrected chi connectivity index (χ1v) is 6.44. The van der Waals surface area contributed by atoms with E-state index in [2.05, 4.69) is 0 Å². The van der Waals surface area contributed by atoms with Crippen LogP contribution in [0.25, 0.3) is 0 Å². The summed E-state index contributed by atoms with van der Waals surface area (Å²) in [5, 5.41) is 3.85. The first-order valence-electron chi connectivity index (χ1n) is 5.50. The molecule has 1 aromatic rings. The lowest BCUT2D eigenvalue weighted by Gasteiger charge is -2.32. The van der Waals surface area contributed by atoms with Crippen molar-refractivity contribution in [3.05, 3.63) is 22.4 Å². The highest BCUT2D eigenvalue weighted by molar-refractivity contribution is 7.07. The zero-order valence-electron chi connectivity index (χ0n) is 10.2. The van der Waals surface area contributed by atoms with Crippen LogP contribution in [0.3, 0.4) is 0 Å². The summed E-state index contributed by atoms with van der Waals surface area (Å²) in [5.74, 6) is -1.03. The molecule has 0 bridgehead atoms. The number of carbonyl (C=O) groups excluding carboxylic acids is 2. The average molecular weight is 270 g/mol. The zero-order chi connectivity index (χ0) is 13.7. The average Bonchev–Trinajstić information content (AvgIpc) is 2.68. The van der Waals surface area contributed by atoms with E-state index in [0.717, 1.165) is 5.56 Å². The maximum Gasteiger partial charge on any atom is 0.231 e. The first kappa shape index (κ1) is 14.6. The summed E-state index contributed by atoms with van der Waals surface area (Å²) in [6, 6.07) is 1.41. The minimum Gasteiger partial charge on any atom is -0.369 e. The Hall–Kier alpha value is -1.44. The maximum atomic E-state index is 11.1. The van der Waals surface area contributed by atoms with Crippen LogP contribution in [0.2, 0.25) is 0 Å². The third-order valence-electron chi connectivity index (χ3n) is 2.49. The molecule has 0 aromatic carbocycles. The molecule has 2 amide bonds. The van der Waals surface area contributed by atoms with Crippen molar-refractivity contribution in [2.45, 2.75) is 19.0 Å². The number of amides is 2. The first-order chi connectivity index (χ1) is 8.41. The summed E-state index contributed by atoms with van der Waals surface area (Å²) in [6.45, 7) is 1.72. The van der Waals surface area contributed by atoms with E-state index in [0.29, 0.717) is 0 Å². The van der Waals surface area contributed by atoms with E-state index in [1.54, 1.807) is 4.90 Å². The minimum atomic E-state index is -0.517. The highest BCUT2D eigenvalue weighted by Gasteiger charge is 2.26. The lowest BCUT2D eigenvalue weighted by molar-refractivity contribution is -0.123. The minimum absolute atomic E-state index is 0.0506. The fourth-order valence-corrected chi connectivity index (χ4v) is 2.63. The van der Waals surface area contributed by atoms with Gasteiger partial charge in [0.1, 0.15) is 0 Å². The lowest BCUT2D eigenvalue weighted by Crippen LogP contribution is -2.46. The summed E-state index contributed by atoms with van der Waals surface area (Å²) in [5.41, 5.74) is 17.3. The van der Waals surface area contributed by atoms with Gasteiger partial charge in [-0.3, -0.25) is 14.5 Å². The summed E-state index contributed by atoms with van der Waals surface area (Å²) >= 11 is 1.53. The molecule has 100 valence electrons. The molecule has 0 aliphatic heterocycles. The van der Waals surface area contributed by atoms with Gasteiger partial charge >= 0.3 is 0 Å². The van der Waals surface area contributed by atoms with Gasteiger partial charge in [0.05, 0.1) is 19.1 Å². The number of nitrogens with zero attached hydrogens (tertiary/aromatic N) is 1. The van der Waals surface area contributed by atoms with E-state index in [9.17, 15) is 9.59 Å². The number of hydrogen-bond donors (Lipinski definition) is 3. The van der Waals surface area contributed by atoms with Gasteiger partial charge in [-0.05, 0) is 29.3 Å². The van der Waals surface area contributed by atoms with Gasteiger partial charge in [-0.1, -0.05) is 0 Å². The second-order valence-corrected chi connectivity index (χ2v) is 4.98. The molecule has 2 atom stereocenters. The van der Waals surface area contributed by atoms with Crippen LogP contribution < -0.4 is 17.2 Å². The van der Waals surface area contributed by atoms with Crippen LogP contribution in [0.4, 0.5) is 0 Å². The van der Waals surface area contributed by atoms with Crippen molar-refractivity contribution < 1.29 is 9.59 Å². The number of primary amides is 2. The fourth-order valence-electron chi connectivity index (χ4n) is 1.94. The summed E-state index contributed by atoms with van der Waals surface area (Å²) in [4.78, 5) is 23.8. The zero-order valence-corrected chi connectivity index (χ0v) is 11.0. The normalized spacial score (nSPS) is 14.4. The van der Waals surface area contributed by atoms with Crippen LogP contribution in [-0.4, -0.2) is 35.8 Å². The molecule has 1 heterocycles. The Labute approximate surface area is 110 Å². The molecule has 1 aromatic heterocycles. The second-order valence-electron chi connectivity index (χ2n) is 4.20. The van der Waals surface area contributed by atoms with E-state index in [4.69, 9.17) is 17.2 Å². The van der Waals surface area contributed by atoms with Crippen molar-refractivity contribution in [2.75, 3.05) is 13.1 Å². The highest BCUT2D eigenvalue weighted by atomic mass is 32.1. The Morgan fingerprint density at radius 3 is 2.22 bits per heavy atom. The molecule has 2 unspecified atom stereocenters. The quantitative estimate of drug-likeness (QED) is 0.614. The molecule has 6 N–H and O–H groups in total. The van der Waals surface area contributed by atoms with Gasteiger partial charge in [0.2, 0.25) is 11.8 Å². The van der Waals surface area contributed by atoms with E-state index in [1.807, 2.05) is 23.8 Å². The number of nitrogens with two attached hydrogens (primary N) is 3. The Bertz CT molecular complexity index is 389. The Kier molecular flexibility index (Phi) is 5.26. The van der Waals surface area contributed by atoms with Crippen molar-refractivity contribution >= 4 is 23.2 Å². The monoisotopic (exact) mass is 270 g/mol. The molecular weight excluding hydrogens is 252 g/mol. The van der Waals surface area contributed by atoms with Gasteiger partial charge in [-0.2, -0.15) is 11.3 Å². The van der Waals surface area contributed by atoms with Crippen molar-refractivity contribution in [3.63, 3.8) is 0 Å². The van der Waals surface area contributed by atoms with Gasteiger partial charge in [0, 0.05) is 6.04 Å². The van der Waals surface area contributed by atoms with Crippen LogP contribution in [0.1, 0.15) is 18.5 Å². The number of rotatable bonds is 7. The Morgan fingerprint density at radius 2 is 1.89 bits per heavy atom. The van der Waals surface area contributed by atoms with Gasteiger partial charge < -0.3 is 17.2 Å². The molecule has 0 spiro atoms. The third-order valence-corrected chi connectivity index (χ3v) is 3.20. The van der Waals surface area contributed by atoms with Crippen molar-refractivity contribution in [2.24, 2.45) is 17.2 Å². The molecule has 6 nitrogen and oxygen atoms in total. The van der Waals surface area contributed by atoms with E-state index in [1.165, 1.54) is 11.3 Å². The van der Waals surface area contributed by atoms with E-state index in [-0.39, 0.29) is 25.2 Å². The van der Waals surface area contributed by atoms with Gasteiger partial charge in [0.25, 0.3) is 0 Å². The standard InChI is InChI=1S/C11H18N4O2S/c1-7(12)11(8-2-3-18-6-8)15(4-9(13)16)5-10(14)17/h2-3,6-7,11H,4-5,12H2,1H3,(H2,13,16)(H2,14,17). The Morgan fingerprint density at radius 1 is 1.33 bits per heavy atom. The topological polar surface area (TPSA) is 115 Å². The number of thiophene rings is 1. The molecule has 0 aliphatic carbocycles. The molecule has 0 fully saturated rings. The van der Waals surface area contributed by atoms with Crippen LogP contribution in [0, 0.1) is 0 Å². The van der Waals surface area contributed by atoms with Crippen LogP contribution in [0.15, 0.2) is 16.8 Å². The SMILES string of the molecule is CC(N)C(c1ccsc1)N(CC(N)=O)CC(N)=O. The summed E-state index contributed by atoms with van der Waals surface area (Å²) in [7, 11) is 0. The lowest BCUT2D eigenvalue weighted by atomic mass is 10.0. The molecule has 7 heteroatoms. The summed E-state index contributed by atoms with van der Waals surface area (Å²) < 4.78 is 0. The molecule has 0 aliphatic rings.